The van der Waals surface area contributed by atoms with Crippen LogP contribution in [-0.4, -0.2) is 41.6 Å². The van der Waals surface area contributed by atoms with Gasteiger partial charge < -0.3 is 15.1 Å². The monoisotopic (exact) mass is 290 g/mol. The Labute approximate surface area is 123 Å². The van der Waals surface area contributed by atoms with Crippen LogP contribution in [0.15, 0.2) is 21.3 Å². The number of rotatable bonds is 1. The summed E-state index contributed by atoms with van der Waals surface area (Å²) >= 11 is 0. The van der Waals surface area contributed by atoms with Crippen LogP contribution in [0.3, 0.4) is 0 Å². The summed E-state index contributed by atoms with van der Waals surface area (Å²) in [7, 11) is 0. The van der Waals surface area contributed by atoms with Gasteiger partial charge in [-0.2, -0.15) is 0 Å². The molecule has 114 valence electrons. The van der Waals surface area contributed by atoms with E-state index in [2.05, 4.69) is 35.6 Å². The van der Waals surface area contributed by atoms with E-state index in [4.69, 9.17) is 10.2 Å². The minimum Gasteiger partial charge on any atom is -0.408 e. The molecule has 1 saturated heterocycles. The predicted octanol–water partition coefficient (Wildman–Crippen LogP) is 1.62. The second-order valence-corrected chi connectivity index (χ2v) is 6.57. The molecule has 1 aliphatic rings. The largest absolute Gasteiger partial charge is 0.417 e. The molecule has 0 saturated carbocycles. The third kappa shape index (κ3) is 2.63. The lowest BCUT2D eigenvalue weighted by Crippen LogP contribution is -2.53. The average molecular weight is 290 g/mol. The Balaban J connectivity index is 1.85. The molecule has 0 aliphatic carbocycles. The van der Waals surface area contributed by atoms with Gasteiger partial charge >= 0.3 is 5.76 Å². The van der Waals surface area contributed by atoms with Gasteiger partial charge in [0.15, 0.2) is 5.58 Å². The Morgan fingerprint density at radius 2 is 1.86 bits per heavy atom. The van der Waals surface area contributed by atoms with Gasteiger partial charge in [0.1, 0.15) is 0 Å². The number of nitrogens with one attached hydrogen (secondary N) is 1. The lowest BCUT2D eigenvalue weighted by Gasteiger charge is -2.43. The van der Waals surface area contributed by atoms with E-state index >= 15 is 0 Å². The summed E-state index contributed by atoms with van der Waals surface area (Å²) in [6, 6.07) is 3.63. The zero-order chi connectivity index (χ0) is 15.2. The van der Waals surface area contributed by atoms with Crippen molar-refractivity contribution in [1.29, 1.82) is 0 Å². The van der Waals surface area contributed by atoms with Gasteiger partial charge in [-0.05, 0) is 26.8 Å². The van der Waals surface area contributed by atoms with E-state index in [9.17, 15) is 4.79 Å². The Kier molecular flexibility index (Phi) is 3.20. The van der Waals surface area contributed by atoms with Gasteiger partial charge in [-0.15, -0.1) is 0 Å². The number of nitrogens with zero attached hydrogens (tertiary/aromatic N) is 2. The lowest BCUT2D eigenvalue weighted by atomic mass is 10.0. The first kappa shape index (κ1) is 14.0. The fraction of sp³-hybridized carbons (Fsp3) is 0.533. The molecule has 6 nitrogen and oxygen atoms in total. The molecule has 3 N–H and O–H groups in total. The van der Waals surface area contributed by atoms with Gasteiger partial charge in [-0.25, -0.2) is 4.79 Å². The summed E-state index contributed by atoms with van der Waals surface area (Å²) in [5.41, 5.74) is 9.13. The first-order valence-electron chi connectivity index (χ1n) is 7.27. The molecule has 21 heavy (non-hydrogen) atoms. The second kappa shape index (κ2) is 4.80. The summed E-state index contributed by atoms with van der Waals surface area (Å²) in [5.74, 6) is -0.445. The summed E-state index contributed by atoms with van der Waals surface area (Å²) in [5, 5.41) is 0. The quantitative estimate of drug-likeness (QED) is 0.780. The van der Waals surface area contributed by atoms with Crippen LogP contribution in [0.4, 0.5) is 11.4 Å². The van der Waals surface area contributed by atoms with Crippen LogP contribution in [0.5, 0.6) is 0 Å². The number of aromatic nitrogens is 1. The van der Waals surface area contributed by atoms with Crippen molar-refractivity contribution >= 4 is 22.5 Å². The summed E-state index contributed by atoms with van der Waals surface area (Å²) in [4.78, 5) is 18.7. The van der Waals surface area contributed by atoms with Crippen LogP contribution >= 0.6 is 0 Å². The van der Waals surface area contributed by atoms with Crippen LogP contribution in [0.2, 0.25) is 0 Å². The van der Waals surface area contributed by atoms with Gasteiger partial charge in [-0.3, -0.25) is 9.88 Å². The first-order valence-corrected chi connectivity index (χ1v) is 7.27. The SMILES string of the molecule is CC(C)(C)N1CCN(c2cc3[nH]c(=O)oc3cc2N)CC1. The van der Waals surface area contributed by atoms with Crippen molar-refractivity contribution in [3.63, 3.8) is 0 Å². The molecule has 0 radical (unpaired) electrons. The van der Waals surface area contributed by atoms with Crippen molar-refractivity contribution < 1.29 is 4.42 Å². The van der Waals surface area contributed by atoms with E-state index < -0.39 is 5.76 Å². The third-order valence-corrected chi connectivity index (χ3v) is 4.14. The molecular formula is C15H22N4O2. The number of anilines is 2. The third-order valence-electron chi connectivity index (χ3n) is 4.14. The maximum Gasteiger partial charge on any atom is 0.417 e. The molecule has 6 heteroatoms. The van der Waals surface area contributed by atoms with Crippen LogP contribution < -0.4 is 16.4 Å². The highest BCUT2D eigenvalue weighted by molar-refractivity contribution is 5.85. The van der Waals surface area contributed by atoms with Crippen LogP contribution in [0, 0.1) is 0 Å². The number of hydrogen-bond donors (Lipinski definition) is 2. The Hall–Kier alpha value is -1.95. The standard InChI is InChI=1S/C15H22N4O2/c1-15(2,3)19-6-4-18(5-7-19)12-9-11-13(8-10(12)16)21-14(20)17-11/h8-9H,4-7,16H2,1-3H3,(H,17,20). The topological polar surface area (TPSA) is 78.5 Å². The molecule has 0 amide bonds. The highest BCUT2D eigenvalue weighted by Crippen LogP contribution is 2.29. The van der Waals surface area contributed by atoms with Crippen molar-refractivity contribution in [2.45, 2.75) is 26.3 Å². The number of fused-ring (bicyclic) bond motifs is 1. The molecule has 0 spiro atoms. The van der Waals surface area contributed by atoms with E-state index in [0.29, 0.717) is 16.8 Å². The molecule has 1 fully saturated rings. The zero-order valence-corrected chi connectivity index (χ0v) is 12.8. The number of hydrogen-bond acceptors (Lipinski definition) is 5. The van der Waals surface area contributed by atoms with Crippen LogP contribution in [0.1, 0.15) is 20.8 Å². The molecule has 1 aromatic heterocycles. The number of benzene rings is 1. The maximum absolute atomic E-state index is 11.3. The van der Waals surface area contributed by atoms with Gasteiger partial charge in [0.25, 0.3) is 0 Å². The molecule has 0 unspecified atom stereocenters. The highest BCUT2D eigenvalue weighted by atomic mass is 16.4. The van der Waals surface area contributed by atoms with Crippen molar-refractivity contribution in [1.82, 2.24) is 9.88 Å². The predicted molar refractivity (Wildman–Crippen MR) is 84.8 cm³/mol. The van der Waals surface area contributed by atoms with E-state index in [-0.39, 0.29) is 5.54 Å². The summed E-state index contributed by atoms with van der Waals surface area (Å²) in [6.45, 7) is 10.6. The van der Waals surface area contributed by atoms with Crippen molar-refractivity contribution in [2.75, 3.05) is 36.8 Å². The average Bonchev–Trinajstić information content (AvgIpc) is 2.76. The number of aromatic amines is 1. The molecule has 1 aromatic carbocycles. The molecule has 0 bridgehead atoms. The molecule has 3 rings (SSSR count). The molecule has 0 atom stereocenters. The number of H-pyrrole nitrogens is 1. The smallest absolute Gasteiger partial charge is 0.408 e. The zero-order valence-electron chi connectivity index (χ0n) is 12.8. The number of piperazine rings is 1. The fourth-order valence-electron chi connectivity index (χ4n) is 2.89. The number of nitrogens with two attached hydrogens (primary N) is 1. The molecule has 1 aliphatic heterocycles. The normalized spacial score (nSPS) is 17.6. The van der Waals surface area contributed by atoms with Gasteiger partial charge in [0.05, 0.1) is 16.9 Å². The lowest BCUT2D eigenvalue weighted by molar-refractivity contribution is 0.128. The second-order valence-electron chi connectivity index (χ2n) is 6.57. The first-order chi connectivity index (χ1) is 9.84. The molecule has 2 heterocycles. The fourth-order valence-corrected chi connectivity index (χ4v) is 2.89. The summed E-state index contributed by atoms with van der Waals surface area (Å²) in [6.07, 6.45) is 0. The van der Waals surface area contributed by atoms with E-state index in [1.807, 2.05) is 6.07 Å². The van der Waals surface area contributed by atoms with Gasteiger partial charge in [0, 0.05) is 37.8 Å². The molecular weight excluding hydrogens is 268 g/mol. The minimum atomic E-state index is -0.445. The van der Waals surface area contributed by atoms with Gasteiger partial charge in [-0.1, -0.05) is 0 Å². The van der Waals surface area contributed by atoms with Crippen molar-refractivity contribution in [2.24, 2.45) is 0 Å². The Bertz CT molecular complexity index is 703. The Morgan fingerprint density at radius 1 is 1.19 bits per heavy atom. The van der Waals surface area contributed by atoms with E-state index in [1.165, 1.54) is 0 Å². The molecule has 2 aromatic rings. The van der Waals surface area contributed by atoms with Crippen molar-refractivity contribution in [3.8, 4) is 0 Å². The van der Waals surface area contributed by atoms with Gasteiger partial charge in [0.2, 0.25) is 0 Å². The number of oxazole rings is 1. The maximum atomic E-state index is 11.3. The van der Waals surface area contributed by atoms with E-state index in [0.717, 1.165) is 31.9 Å². The van der Waals surface area contributed by atoms with E-state index in [1.54, 1.807) is 6.07 Å². The Morgan fingerprint density at radius 3 is 2.48 bits per heavy atom. The van der Waals surface area contributed by atoms with Crippen LogP contribution in [-0.2, 0) is 0 Å². The minimum absolute atomic E-state index is 0.192. The highest BCUT2D eigenvalue weighted by Gasteiger charge is 2.26. The number of nitrogen functional groups attached to an aromatic ring is 1. The van der Waals surface area contributed by atoms with Crippen LogP contribution in [0.25, 0.3) is 11.1 Å². The summed E-state index contributed by atoms with van der Waals surface area (Å²) < 4.78 is 5.03. The van der Waals surface area contributed by atoms with Crippen molar-refractivity contribution in [3.05, 3.63) is 22.7 Å².